The normalized spacial score (nSPS) is 10.5. The van der Waals surface area contributed by atoms with Gasteiger partial charge >= 0.3 is 6.03 Å². The summed E-state index contributed by atoms with van der Waals surface area (Å²) in [6.07, 6.45) is 1.78. The van der Waals surface area contributed by atoms with Gasteiger partial charge in [-0.1, -0.05) is 0 Å². The number of nitrogens with one attached hydrogen (secondary N) is 2. The van der Waals surface area contributed by atoms with Crippen LogP contribution in [0, 0.1) is 6.92 Å². The fourth-order valence-electron chi connectivity index (χ4n) is 2.07. The van der Waals surface area contributed by atoms with Crippen LogP contribution < -0.4 is 15.4 Å². The van der Waals surface area contributed by atoms with Crippen LogP contribution in [-0.4, -0.2) is 27.7 Å². The van der Waals surface area contributed by atoms with E-state index in [-0.39, 0.29) is 6.03 Å². The van der Waals surface area contributed by atoms with E-state index in [0.717, 1.165) is 5.75 Å². The number of aromatic nitrogens is 3. The zero-order valence-corrected chi connectivity index (χ0v) is 12.2. The van der Waals surface area contributed by atoms with E-state index in [1.165, 1.54) is 0 Å². The molecule has 7 nitrogen and oxygen atoms in total. The molecule has 7 heteroatoms. The predicted molar refractivity (Wildman–Crippen MR) is 83.4 cm³/mol. The van der Waals surface area contributed by atoms with Gasteiger partial charge < -0.3 is 15.4 Å². The number of methoxy groups -OCH3 is 1. The van der Waals surface area contributed by atoms with Crippen LogP contribution in [0.5, 0.6) is 5.75 Å². The Balaban J connectivity index is 1.75. The second-order valence-corrected chi connectivity index (χ2v) is 4.66. The van der Waals surface area contributed by atoms with Gasteiger partial charge in [-0.3, -0.25) is 0 Å². The molecule has 3 aromatic rings. The highest BCUT2D eigenvalue weighted by molar-refractivity contribution is 6.01. The molecule has 0 atom stereocenters. The van der Waals surface area contributed by atoms with Crippen LogP contribution >= 0.6 is 0 Å². The van der Waals surface area contributed by atoms with Gasteiger partial charge in [-0.25, -0.2) is 14.3 Å². The Bertz CT molecular complexity index is 810. The molecule has 2 heterocycles. The second-order valence-electron chi connectivity index (χ2n) is 4.66. The Hall–Kier alpha value is -3.09. The fraction of sp³-hybridized carbons (Fsp3) is 0.133. The van der Waals surface area contributed by atoms with Crippen molar-refractivity contribution in [2.75, 3.05) is 17.7 Å². The molecule has 2 N–H and O–H groups in total. The molecule has 2 amide bonds. The zero-order chi connectivity index (χ0) is 15.5. The topological polar surface area (TPSA) is 80.5 Å². The van der Waals surface area contributed by atoms with E-state index >= 15 is 0 Å². The molecule has 22 heavy (non-hydrogen) atoms. The molecule has 112 valence electrons. The van der Waals surface area contributed by atoms with E-state index in [1.807, 2.05) is 0 Å². The number of fused-ring (bicyclic) bond motifs is 1. The first-order valence-electron chi connectivity index (χ1n) is 6.70. The Morgan fingerprint density at radius 1 is 1.18 bits per heavy atom. The van der Waals surface area contributed by atoms with Crippen LogP contribution in [0.15, 0.2) is 42.6 Å². The number of pyridine rings is 1. The minimum absolute atomic E-state index is 0.348. The van der Waals surface area contributed by atoms with Crippen molar-refractivity contribution in [1.29, 1.82) is 0 Å². The summed E-state index contributed by atoms with van der Waals surface area (Å²) in [4.78, 5) is 16.4. The van der Waals surface area contributed by atoms with Crippen molar-refractivity contribution in [2.24, 2.45) is 0 Å². The summed E-state index contributed by atoms with van der Waals surface area (Å²) < 4.78 is 6.70. The van der Waals surface area contributed by atoms with E-state index < -0.39 is 0 Å². The molecule has 0 radical (unpaired) electrons. The van der Waals surface area contributed by atoms with Crippen LogP contribution in [0.1, 0.15) is 5.82 Å². The average Bonchev–Trinajstić information content (AvgIpc) is 2.89. The highest BCUT2D eigenvalue weighted by Gasteiger charge is 2.09. The first-order valence-corrected chi connectivity index (χ1v) is 6.70. The molecule has 0 aliphatic carbocycles. The van der Waals surface area contributed by atoms with Crippen LogP contribution in [-0.2, 0) is 0 Å². The van der Waals surface area contributed by atoms with Gasteiger partial charge in [-0.05, 0) is 43.3 Å². The van der Waals surface area contributed by atoms with E-state index in [4.69, 9.17) is 4.74 Å². The number of anilines is 2. The van der Waals surface area contributed by atoms with E-state index in [2.05, 4.69) is 20.7 Å². The smallest absolute Gasteiger partial charge is 0.323 e. The summed E-state index contributed by atoms with van der Waals surface area (Å²) >= 11 is 0. The third-order valence-corrected chi connectivity index (χ3v) is 3.06. The molecule has 0 saturated heterocycles. The van der Waals surface area contributed by atoms with Crippen LogP contribution in [0.2, 0.25) is 0 Å². The molecule has 0 unspecified atom stereocenters. The fourth-order valence-corrected chi connectivity index (χ4v) is 2.07. The molecule has 0 fully saturated rings. The number of rotatable bonds is 3. The standard InChI is InChI=1S/C15H15N5O2/c1-10-16-14-13(4-3-9-20(14)19-10)18-15(21)17-11-5-7-12(22-2)8-6-11/h3-9H,1-2H3,(H2,17,18,21). The highest BCUT2D eigenvalue weighted by Crippen LogP contribution is 2.17. The summed E-state index contributed by atoms with van der Waals surface area (Å²) in [5, 5.41) is 9.72. The van der Waals surface area contributed by atoms with Crippen molar-refractivity contribution < 1.29 is 9.53 Å². The number of carbonyl (C=O) groups excluding carboxylic acids is 1. The number of benzene rings is 1. The molecule has 0 spiro atoms. The lowest BCUT2D eigenvalue weighted by Crippen LogP contribution is -2.19. The molecule has 0 aliphatic rings. The number of carbonyl (C=O) groups is 1. The number of hydrogen-bond donors (Lipinski definition) is 2. The molecular formula is C15H15N5O2. The average molecular weight is 297 g/mol. The number of aryl methyl sites for hydroxylation is 1. The Morgan fingerprint density at radius 3 is 2.68 bits per heavy atom. The molecule has 3 rings (SSSR count). The van der Waals surface area contributed by atoms with Crippen molar-refractivity contribution in [2.45, 2.75) is 6.92 Å². The van der Waals surface area contributed by atoms with Crippen LogP contribution in [0.25, 0.3) is 5.65 Å². The van der Waals surface area contributed by atoms with E-state index in [9.17, 15) is 4.79 Å². The lowest BCUT2D eigenvalue weighted by Gasteiger charge is -2.08. The SMILES string of the molecule is COc1ccc(NC(=O)Nc2cccn3nc(C)nc23)cc1. The van der Waals surface area contributed by atoms with Gasteiger partial charge in [0, 0.05) is 11.9 Å². The minimum atomic E-state index is -0.348. The van der Waals surface area contributed by atoms with Crippen molar-refractivity contribution in [3.8, 4) is 5.75 Å². The molecule has 0 aliphatic heterocycles. The predicted octanol–water partition coefficient (Wildman–Crippen LogP) is 2.69. The Labute approximate surface area is 126 Å². The molecule has 0 saturated carbocycles. The first kappa shape index (κ1) is 13.9. The summed E-state index contributed by atoms with van der Waals surface area (Å²) in [5.41, 5.74) is 1.86. The number of amides is 2. The van der Waals surface area contributed by atoms with E-state index in [0.29, 0.717) is 22.8 Å². The molecule has 0 bridgehead atoms. The van der Waals surface area contributed by atoms with Crippen LogP contribution in [0.3, 0.4) is 0 Å². The van der Waals surface area contributed by atoms with E-state index in [1.54, 1.807) is 61.1 Å². The Kier molecular flexibility index (Phi) is 3.61. The van der Waals surface area contributed by atoms with Crippen LogP contribution in [0.4, 0.5) is 16.2 Å². The molecule has 2 aromatic heterocycles. The van der Waals surface area contributed by atoms with Crippen molar-refractivity contribution in [3.05, 3.63) is 48.4 Å². The zero-order valence-electron chi connectivity index (χ0n) is 12.2. The van der Waals surface area contributed by atoms with Crippen molar-refractivity contribution in [3.63, 3.8) is 0 Å². The number of hydrogen-bond acceptors (Lipinski definition) is 4. The maximum atomic E-state index is 12.1. The maximum absolute atomic E-state index is 12.1. The van der Waals surface area contributed by atoms with Crippen molar-refractivity contribution in [1.82, 2.24) is 14.6 Å². The first-order chi connectivity index (χ1) is 10.7. The van der Waals surface area contributed by atoms with Gasteiger partial charge in [0.05, 0.1) is 12.8 Å². The van der Waals surface area contributed by atoms with Gasteiger partial charge in [0.15, 0.2) is 5.65 Å². The number of ether oxygens (including phenoxy) is 1. The third-order valence-electron chi connectivity index (χ3n) is 3.06. The number of urea groups is 1. The second kappa shape index (κ2) is 5.72. The highest BCUT2D eigenvalue weighted by atomic mass is 16.5. The molecule has 1 aromatic carbocycles. The summed E-state index contributed by atoms with van der Waals surface area (Å²) in [6, 6.07) is 10.3. The maximum Gasteiger partial charge on any atom is 0.323 e. The number of nitrogens with zero attached hydrogens (tertiary/aromatic N) is 3. The van der Waals surface area contributed by atoms with Gasteiger partial charge in [0.2, 0.25) is 0 Å². The molecular weight excluding hydrogens is 282 g/mol. The largest absolute Gasteiger partial charge is 0.497 e. The monoisotopic (exact) mass is 297 g/mol. The summed E-state index contributed by atoms with van der Waals surface area (Å²) in [5.74, 6) is 1.37. The quantitative estimate of drug-likeness (QED) is 0.779. The van der Waals surface area contributed by atoms with Crippen molar-refractivity contribution >= 4 is 23.1 Å². The van der Waals surface area contributed by atoms with Gasteiger partial charge in [-0.2, -0.15) is 5.10 Å². The lowest BCUT2D eigenvalue weighted by atomic mass is 10.3. The Morgan fingerprint density at radius 2 is 1.95 bits per heavy atom. The third kappa shape index (κ3) is 2.83. The summed E-state index contributed by atoms with van der Waals surface area (Å²) in [7, 11) is 1.59. The van der Waals surface area contributed by atoms with Gasteiger partial charge in [0.25, 0.3) is 0 Å². The minimum Gasteiger partial charge on any atom is -0.497 e. The lowest BCUT2D eigenvalue weighted by molar-refractivity contribution is 0.262. The van der Waals surface area contributed by atoms with Gasteiger partial charge in [0.1, 0.15) is 11.6 Å². The summed E-state index contributed by atoms with van der Waals surface area (Å²) in [6.45, 7) is 1.80. The van der Waals surface area contributed by atoms with Gasteiger partial charge in [-0.15, -0.1) is 0 Å².